The van der Waals surface area contributed by atoms with Crippen LogP contribution in [0.3, 0.4) is 0 Å². The number of likely N-dealkylation sites (tertiary alicyclic amines) is 2. The molecule has 1 aliphatic carbocycles. The number of piperazine rings is 1. The molecule has 2 amide bonds. The van der Waals surface area contributed by atoms with E-state index in [1.807, 2.05) is 4.90 Å². The Balaban J connectivity index is 1.09. The lowest BCUT2D eigenvalue weighted by molar-refractivity contribution is -0.148. The Morgan fingerprint density at radius 1 is 0.935 bits per heavy atom. The predicted octanol–water partition coefficient (Wildman–Crippen LogP) is 6.22. The highest BCUT2D eigenvalue weighted by Gasteiger charge is 2.52. The van der Waals surface area contributed by atoms with Crippen molar-refractivity contribution in [2.24, 2.45) is 11.8 Å². The minimum absolute atomic E-state index is 0.298. The zero-order valence-electron chi connectivity index (χ0n) is 28.7. The Labute approximate surface area is 279 Å². The molecular weight excluding hydrogens is 591 g/mol. The summed E-state index contributed by atoms with van der Waals surface area (Å²) < 4.78 is 0. The number of carbonyl (C=O) groups is 2. The summed E-state index contributed by atoms with van der Waals surface area (Å²) in [5.41, 5.74) is 5.84. The van der Waals surface area contributed by atoms with E-state index < -0.39 is 5.41 Å². The van der Waals surface area contributed by atoms with E-state index in [1.54, 1.807) is 11.3 Å². The number of nitrogens with one attached hydrogen (secondary N) is 1. The molecule has 3 saturated heterocycles. The number of aromatic nitrogens is 1. The molecule has 1 N–H and O–H groups in total. The summed E-state index contributed by atoms with van der Waals surface area (Å²) in [6.45, 7) is 19.2. The molecule has 0 radical (unpaired) electrons. The second-order valence-electron chi connectivity index (χ2n) is 15.2. The van der Waals surface area contributed by atoms with Crippen LogP contribution >= 0.6 is 11.3 Å². The minimum Gasteiger partial charge on any atom is -0.346 e. The second-order valence-corrected chi connectivity index (χ2v) is 16.3. The fourth-order valence-corrected chi connectivity index (χ4v) is 10.1. The summed E-state index contributed by atoms with van der Waals surface area (Å²) in [4.78, 5) is 42.1. The normalized spacial score (nSPS) is 24.2. The van der Waals surface area contributed by atoms with Crippen LogP contribution in [0, 0.1) is 25.7 Å². The SMILES string of the molecule is CCC1CCC2C1CN2C(=O)C(C)(C)c1cc2c(CCN3CCN(CC(=O)N4CCCC4)CC3)c(-c3cc(C)cc(C)c3)[nH]c2s1. The molecule has 7 rings (SSSR count). The molecule has 7 nitrogen and oxygen atoms in total. The predicted molar refractivity (Wildman–Crippen MR) is 189 cm³/mol. The Hall–Kier alpha value is -2.68. The van der Waals surface area contributed by atoms with Crippen LogP contribution < -0.4 is 0 Å². The maximum atomic E-state index is 14.0. The number of aryl methyl sites for hydroxylation is 2. The molecule has 3 unspecified atom stereocenters. The van der Waals surface area contributed by atoms with Crippen LogP contribution in [0.25, 0.3) is 21.5 Å². The second kappa shape index (κ2) is 12.7. The number of hydrogen-bond acceptors (Lipinski definition) is 5. The highest BCUT2D eigenvalue weighted by molar-refractivity contribution is 7.19. The van der Waals surface area contributed by atoms with Crippen molar-refractivity contribution in [3.63, 3.8) is 0 Å². The lowest BCUT2D eigenvalue weighted by atomic mass is 9.80. The van der Waals surface area contributed by atoms with Gasteiger partial charge in [-0.05, 0) is 101 Å². The number of rotatable bonds is 9. The zero-order valence-corrected chi connectivity index (χ0v) is 29.5. The number of benzene rings is 1. The van der Waals surface area contributed by atoms with Crippen LogP contribution in [0.2, 0.25) is 0 Å². The molecule has 1 saturated carbocycles. The van der Waals surface area contributed by atoms with Gasteiger partial charge >= 0.3 is 0 Å². The number of nitrogens with zero attached hydrogens (tertiary/aromatic N) is 4. The van der Waals surface area contributed by atoms with Crippen LogP contribution in [0.15, 0.2) is 24.3 Å². The zero-order chi connectivity index (χ0) is 32.2. The molecule has 3 aliphatic heterocycles. The molecule has 0 spiro atoms. The van der Waals surface area contributed by atoms with Crippen LogP contribution in [-0.4, -0.2) is 101 Å². The lowest BCUT2D eigenvalue weighted by Gasteiger charge is -2.49. The Kier molecular flexibility index (Phi) is 8.83. The highest BCUT2D eigenvalue weighted by atomic mass is 32.1. The van der Waals surface area contributed by atoms with Crippen molar-refractivity contribution in [3.8, 4) is 11.3 Å². The first-order valence-electron chi connectivity index (χ1n) is 17.9. The van der Waals surface area contributed by atoms with E-state index in [2.05, 4.69) is 78.6 Å². The summed E-state index contributed by atoms with van der Waals surface area (Å²) in [6.07, 6.45) is 6.93. The molecule has 8 heteroatoms. The molecule has 4 aliphatic rings. The van der Waals surface area contributed by atoms with Gasteiger partial charge in [0.05, 0.1) is 17.7 Å². The first-order valence-corrected chi connectivity index (χ1v) is 18.7. The van der Waals surface area contributed by atoms with E-state index >= 15 is 0 Å². The smallest absolute Gasteiger partial charge is 0.236 e. The van der Waals surface area contributed by atoms with Gasteiger partial charge in [0.2, 0.25) is 11.8 Å². The average Bonchev–Trinajstić information content (AvgIpc) is 3.81. The number of H-pyrrole nitrogens is 1. The summed E-state index contributed by atoms with van der Waals surface area (Å²) in [5.74, 6) is 2.10. The van der Waals surface area contributed by atoms with E-state index in [9.17, 15) is 9.59 Å². The molecule has 46 heavy (non-hydrogen) atoms. The minimum atomic E-state index is -0.542. The maximum Gasteiger partial charge on any atom is 0.236 e. The maximum absolute atomic E-state index is 14.0. The van der Waals surface area contributed by atoms with Gasteiger partial charge in [-0.3, -0.25) is 14.5 Å². The van der Waals surface area contributed by atoms with E-state index in [0.29, 0.717) is 30.3 Å². The van der Waals surface area contributed by atoms with Crippen LogP contribution in [0.1, 0.15) is 74.4 Å². The largest absolute Gasteiger partial charge is 0.346 e. The van der Waals surface area contributed by atoms with Crippen molar-refractivity contribution in [3.05, 3.63) is 45.8 Å². The van der Waals surface area contributed by atoms with Gasteiger partial charge in [-0.1, -0.05) is 30.5 Å². The summed E-state index contributed by atoms with van der Waals surface area (Å²) in [6, 6.07) is 9.61. The van der Waals surface area contributed by atoms with Gasteiger partial charge in [0.25, 0.3) is 0 Å². The summed E-state index contributed by atoms with van der Waals surface area (Å²) in [5, 5.41) is 1.28. The Bertz CT molecular complexity index is 1570. The third kappa shape index (κ3) is 5.94. The van der Waals surface area contributed by atoms with Crippen molar-refractivity contribution in [1.82, 2.24) is 24.6 Å². The van der Waals surface area contributed by atoms with E-state index in [4.69, 9.17) is 0 Å². The number of aromatic amines is 1. The first-order chi connectivity index (χ1) is 22.1. The summed E-state index contributed by atoms with van der Waals surface area (Å²) >= 11 is 1.77. The first kappa shape index (κ1) is 31.9. The molecule has 1 aromatic carbocycles. The molecule has 4 fully saturated rings. The van der Waals surface area contributed by atoms with E-state index in [1.165, 1.54) is 57.4 Å². The molecule has 2 aromatic heterocycles. The number of fused-ring (bicyclic) bond motifs is 2. The van der Waals surface area contributed by atoms with Crippen molar-refractivity contribution < 1.29 is 9.59 Å². The number of amides is 2. The standard InChI is InChI=1S/C38H53N5O2S/c1-6-27-9-10-32-31(27)23-43(32)37(45)38(4,5)33-22-30-29(35(39-36(30)46-33)28-20-25(2)19-26(3)21-28)11-14-40-15-17-41(18-16-40)24-34(44)42-12-7-8-13-42/h19-22,27,31-32,39H,6-18,23-24H2,1-5H3. The third-order valence-electron chi connectivity index (χ3n) is 11.7. The topological polar surface area (TPSA) is 62.9 Å². The number of carbonyl (C=O) groups excluding carboxylic acids is 2. The van der Waals surface area contributed by atoms with Crippen molar-refractivity contribution in [1.29, 1.82) is 0 Å². The van der Waals surface area contributed by atoms with Crippen LogP contribution in [0.4, 0.5) is 0 Å². The fraction of sp³-hybridized carbons (Fsp3) is 0.632. The molecular formula is C38H53N5O2S. The number of thiophene rings is 1. The van der Waals surface area contributed by atoms with Gasteiger partial charge in [-0.25, -0.2) is 0 Å². The van der Waals surface area contributed by atoms with Gasteiger partial charge < -0.3 is 19.7 Å². The van der Waals surface area contributed by atoms with Gasteiger partial charge in [-0.15, -0.1) is 11.3 Å². The van der Waals surface area contributed by atoms with Crippen molar-refractivity contribution >= 4 is 33.4 Å². The van der Waals surface area contributed by atoms with E-state index in [0.717, 1.165) is 82.4 Å². The van der Waals surface area contributed by atoms with Crippen molar-refractivity contribution in [2.45, 2.75) is 84.6 Å². The van der Waals surface area contributed by atoms with Crippen molar-refractivity contribution in [2.75, 3.05) is 58.9 Å². The molecule has 5 heterocycles. The third-order valence-corrected chi connectivity index (χ3v) is 13.1. The van der Waals surface area contributed by atoms with E-state index in [-0.39, 0.29) is 0 Å². The van der Waals surface area contributed by atoms with Gasteiger partial charge in [-0.2, -0.15) is 0 Å². The molecule has 248 valence electrons. The molecule has 3 aromatic rings. The Morgan fingerprint density at radius 3 is 2.33 bits per heavy atom. The van der Waals surface area contributed by atoms with Crippen LogP contribution in [-0.2, 0) is 21.4 Å². The average molecular weight is 644 g/mol. The molecule has 3 atom stereocenters. The fourth-order valence-electron chi connectivity index (χ4n) is 8.88. The summed E-state index contributed by atoms with van der Waals surface area (Å²) in [7, 11) is 0. The Morgan fingerprint density at radius 2 is 1.63 bits per heavy atom. The lowest BCUT2D eigenvalue weighted by Crippen LogP contribution is -2.61. The van der Waals surface area contributed by atoms with Gasteiger partial charge in [0.1, 0.15) is 4.83 Å². The highest BCUT2D eigenvalue weighted by Crippen LogP contribution is 2.47. The quantitative estimate of drug-likeness (QED) is 0.301. The van der Waals surface area contributed by atoms with Gasteiger partial charge in [0.15, 0.2) is 0 Å². The van der Waals surface area contributed by atoms with Gasteiger partial charge in [0, 0.05) is 68.7 Å². The molecule has 0 bridgehead atoms. The van der Waals surface area contributed by atoms with Crippen LogP contribution in [0.5, 0.6) is 0 Å². The number of hydrogen-bond donors (Lipinski definition) is 1. The monoisotopic (exact) mass is 643 g/mol.